The predicted octanol–water partition coefficient (Wildman–Crippen LogP) is 2.37. The topological polar surface area (TPSA) is 71.8 Å². The number of nitrogens with zero attached hydrogens (tertiary/aromatic N) is 1. The Morgan fingerprint density at radius 3 is 2.94 bits per heavy atom. The van der Waals surface area contributed by atoms with Crippen LogP contribution in [-0.2, 0) is 0 Å². The summed E-state index contributed by atoms with van der Waals surface area (Å²) in [4.78, 5) is 19.1. The maximum absolute atomic E-state index is 13.5. The van der Waals surface area contributed by atoms with E-state index in [0.29, 0.717) is 21.8 Å². The molecule has 0 aliphatic rings. The average molecular weight is 261 g/mol. The Labute approximate surface area is 105 Å². The van der Waals surface area contributed by atoms with E-state index in [1.54, 1.807) is 11.4 Å². The van der Waals surface area contributed by atoms with Gasteiger partial charge in [0.25, 0.3) is 0 Å². The van der Waals surface area contributed by atoms with E-state index in [-0.39, 0.29) is 10.9 Å². The summed E-state index contributed by atoms with van der Waals surface area (Å²) < 4.78 is 13.5. The maximum Gasteiger partial charge on any atom is 0.198 e. The number of anilines is 1. The van der Waals surface area contributed by atoms with E-state index in [4.69, 9.17) is 5.73 Å². The lowest BCUT2D eigenvalue weighted by molar-refractivity contribution is 0.637. The van der Waals surface area contributed by atoms with Crippen molar-refractivity contribution >= 4 is 27.4 Å². The second-order valence-corrected chi connectivity index (χ2v) is 4.65. The zero-order valence-electron chi connectivity index (χ0n) is 9.11. The molecule has 0 fully saturated rings. The number of pyridine rings is 1. The number of aromatic nitrogens is 2. The van der Waals surface area contributed by atoms with Crippen molar-refractivity contribution in [2.75, 3.05) is 5.73 Å². The fourth-order valence-corrected chi connectivity index (χ4v) is 2.38. The first-order valence-electron chi connectivity index (χ1n) is 5.18. The molecule has 3 N–H and O–H groups in total. The molecule has 3 aromatic rings. The summed E-state index contributed by atoms with van der Waals surface area (Å²) in [6, 6.07) is 4.39. The minimum absolute atomic E-state index is 0.203. The van der Waals surface area contributed by atoms with Crippen LogP contribution in [0.1, 0.15) is 0 Å². The summed E-state index contributed by atoms with van der Waals surface area (Å²) >= 11 is 1.26. The zero-order chi connectivity index (χ0) is 12.7. The van der Waals surface area contributed by atoms with E-state index in [0.717, 1.165) is 0 Å². The van der Waals surface area contributed by atoms with E-state index >= 15 is 0 Å². The average Bonchev–Trinajstić information content (AvgIpc) is 2.77. The second-order valence-electron chi connectivity index (χ2n) is 3.76. The molecule has 0 atom stereocenters. The number of nitrogen functional groups attached to an aromatic ring is 1. The number of H-pyrrole nitrogens is 1. The quantitative estimate of drug-likeness (QED) is 0.706. The van der Waals surface area contributed by atoms with Gasteiger partial charge in [-0.15, -0.1) is 11.3 Å². The Kier molecular flexibility index (Phi) is 2.38. The smallest absolute Gasteiger partial charge is 0.198 e. The first kappa shape index (κ1) is 10.9. The van der Waals surface area contributed by atoms with E-state index in [1.165, 1.54) is 29.7 Å². The van der Waals surface area contributed by atoms with Crippen LogP contribution in [0.25, 0.3) is 22.2 Å². The SMILES string of the molecule is Nc1nc(-c2c[nH]c3c(F)cccc3c2=O)cs1. The molecule has 0 bridgehead atoms. The molecule has 0 amide bonds. The van der Waals surface area contributed by atoms with Gasteiger partial charge in [-0.25, -0.2) is 9.37 Å². The van der Waals surface area contributed by atoms with Crippen LogP contribution in [0, 0.1) is 5.82 Å². The van der Waals surface area contributed by atoms with Crippen molar-refractivity contribution in [3.05, 3.63) is 45.8 Å². The highest BCUT2D eigenvalue weighted by Crippen LogP contribution is 2.22. The fourth-order valence-electron chi connectivity index (χ4n) is 1.82. The molecule has 90 valence electrons. The summed E-state index contributed by atoms with van der Waals surface area (Å²) in [7, 11) is 0. The first-order chi connectivity index (χ1) is 8.66. The largest absolute Gasteiger partial charge is 0.375 e. The van der Waals surface area contributed by atoms with Gasteiger partial charge in [-0.05, 0) is 12.1 Å². The molecule has 0 saturated heterocycles. The molecule has 6 heteroatoms. The fraction of sp³-hybridized carbons (Fsp3) is 0. The lowest BCUT2D eigenvalue weighted by Gasteiger charge is -2.01. The van der Waals surface area contributed by atoms with Crippen LogP contribution in [0.3, 0.4) is 0 Å². The molecule has 4 nitrogen and oxygen atoms in total. The molecule has 0 radical (unpaired) electrons. The van der Waals surface area contributed by atoms with Crippen LogP contribution in [0.5, 0.6) is 0 Å². The van der Waals surface area contributed by atoms with Crippen LogP contribution in [-0.4, -0.2) is 9.97 Å². The summed E-state index contributed by atoms with van der Waals surface area (Å²) in [5.41, 5.74) is 6.38. The molecule has 0 spiro atoms. The van der Waals surface area contributed by atoms with Gasteiger partial charge in [0.05, 0.1) is 16.8 Å². The van der Waals surface area contributed by atoms with Gasteiger partial charge < -0.3 is 10.7 Å². The Morgan fingerprint density at radius 2 is 2.22 bits per heavy atom. The number of hydrogen-bond donors (Lipinski definition) is 2. The van der Waals surface area contributed by atoms with Gasteiger partial charge in [-0.1, -0.05) is 6.07 Å². The lowest BCUT2D eigenvalue weighted by atomic mass is 10.1. The van der Waals surface area contributed by atoms with Crippen molar-refractivity contribution in [1.82, 2.24) is 9.97 Å². The van der Waals surface area contributed by atoms with Crippen LogP contribution in [0.2, 0.25) is 0 Å². The number of para-hydroxylation sites is 1. The van der Waals surface area contributed by atoms with Crippen molar-refractivity contribution in [3.8, 4) is 11.3 Å². The normalized spacial score (nSPS) is 10.9. The standard InChI is InChI=1S/C12H8FN3OS/c13-8-3-1-2-6-10(8)15-4-7(11(6)17)9-5-18-12(14)16-9/h1-5H,(H2,14,16)(H,15,17). The van der Waals surface area contributed by atoms with Crippen molar-refractivity contribution in [2.24, 2.45) is 0 Å². The molecule has 0 aliphatic carbocycles. The third kappa shape index (κ3) is 1.58. The number of nitrogens with two attached hydrogens (primary N) is 1. The molecule has 0 aliphatic heterocycles. The molecule has 2 aromatic heterocycles. The van der Waals surface area contributed by atoms with Gasteiger partial charge in [0.2, 0.25) is 0 Å². The molecule has 0 unspecified atom stereocenters. The van der Waals surface area contributed by atoms with E-state index in [1.807, 2.05) is 0 Å². The number of hydrogen-bond acceptors (Lipinski definition) is 4. The Morgan fingerprint density at radius 1 is 1.39 bits per heavy atom. The van der Waals surface area contributed by atoms with Gasteiger partial charge in [0.15, 0.2) is 10.6 Å². The van der Waals surface area contributed by atoms with Gasteiger partial charge in [-0.3, -0.25) is 4.79 Å². The summed E-state index contributed by atoms with van der Waals surface area (Å²) in [5.74, 6) is -0.450. The lowest BCUT2D eigenvalue weighted by Crippen LogP contribution is -2.07. The second kappa shape index (κ2) is 3.92. The monoisotopic (exact) mass is 261 g/mol. The van der Waals surface area contributed by atoms with Crippen molar-refractivity contribution in [3.63, 3.8) is 0 Å². The Hall–Kier alpha value is -2.21. The third-order valence-corrected chi connectivity index (χ3v) is 3.34. The molecule has 3 rings (SSSR count). The number of nitrogens with one attached hydrogen (secondary N) is 1. The van der Waals surface area contributed by atoms with Gasteiger partial charge in [0, 0.05) is 17.0 Å². The van der Waals surface area contributed by atoms with Crippen molar-refractivity contribution in [2.45, 2.75) is 0 Å². The highest BCUT2D eigenvalue weighted by molar-refractivity contribution is 7.13. The van der Waals surface area contributed by atoms with E-state index in [2.05, 4.69) is 9.97 Å². The van der Waals surface area contributed by atoms with Crippen molar-refractivity contribution in [1.29, 1.82) is 0 Å². The molecule has 2 heterocycles. The van der Waals surface area contributed by atoms with Gasteiger partial charge in [-0.2, -0.15) is 0 Å². The maximum atomic E-state index is 13.5. The number of halogens is 1. The predicted molar refractivity (Wildman–Crippen MR) is 70.0 cm³/mol. The summed E-state index contributed by atoms with van der Waals surface area (Å²) in [6.45, 7) is 0. The molecular weight excluding hydrogens is 253 g/mol. The number of fused-ring (bicyclic) bond motifs is 1. The van der Waals surface area contributed by atoms with E-state index < -0.39 is 5.82 Å². The van der Waals surface area contributed by atoms with Crippen LogP contribution in [0.15, 0.2) is 34.6 Å². The highest BCUT2D eigenvalue weighted by Gasteiger charge is 2.11. The summed E-state index contributed by atoms with van der Waals surface area (Å²) in [6.07, 6.45) is 1.46. The number of benzene rings is 1. The molecule has 1 aromatic carbocycles. The zero-order valence-corrected chi connectivity index (χ0v) is 9.92. The van der Waals surface area contributed by atoms with Gasteiger partial charge in [0.1, 0.15) is 5.82 Å². The van der Waals surface area contributed by atoms with Crippen LogP contribution >= 0.6 is 11.3 Å². The van der Waals surface area contributed by atoms with Gasteiger partial charge >= 0.3 is 0 Å². The molecular formula is C12H8FN3OS. The van der Waals surface area contributed by atoms with Crippen LogP contribution in [0.4, 0.5) is 9.52 Å². The number of aromatic amines is 1. The summed E-state index contributed by atoms with van der Waals surface area (Å²) in [5, 5.41) is 2.40. The van der Waals surface area contributed by atoms with Crippen LogP contribution < -0.4 is 11.2 Å². The Balaban J connectivity index is 2.34. The first-order valence-corrected chi connectivity index (χ1v) is 6.06. The molecule has 18 heavy (non-hydrogen) atoms. The number of thiazole rings is 1. The van der Waals surface area contributed by atoms with E-state index in [9.17, 15) is 9.18 Å². The minimum Gasteiger partial charge on any atom is -0.375 e. The Bertz CT molecular complexity index is 793. The number of rotatable bonds is 1. The van der Waals surface area contributed by atoms with Crippen molar-refractivity contribution < 1.29 is 4.39 Å². The minimum atomic E-state index is -0.450. The molecule has 0 saturated carbocycles. The highest BCUT2D eigenvalue weighted by atomic mass is 32.1. The third-order valence-electron chi connectivity index (χ3n) is 2.66.